The molecule has 0 spiro atoms. The number of urea groups is 1. The number of hydrogen-bond acceptors (Lipinski definition) is 4. The zero-order valence-electron chi connectivity index (χ0n) is 20.1. The fourth-order valence-corrected chi connectivity index (χ4v) is 4.37. The Morgan fingerprint density at radius 2 is 1.56 bits per heavy atom. The molecule has 1 unspecified atom stereocenters. The number of carboxylic acids is 1. The molecule has 0 radical (unpaired) electrons. The van der Waals surface area contributed by atoms with Gasteiger partial charge >= 0.3 is 12.0 Å². The van der Waals surface area contributed by atoms with Gasteiger partial charge in [-0.3, -0.25) is 10.1 Å². The van der Waals surface area contributed by atoms with E-state index in [4.69, 9.17) is 0 Å². The van der Waals surface area contributed by atoms with E-state index in [0.717, 1.165) is 27.9 Å². The Morgan fingerprint density at radius 1 is 0.944 bits per heavy atom. The van der Waals surface area contributed by atoms with Gasteiger partial charge in [-0.2, -0.15) is 4.68 Å². The summed E-state index contributed by atoms with van der Waals surface area (Å²) in [5.41, 5.74) is 4.50. The second-order valence-corrected chi connectivity index (χ2v) is 9.18. The lowest BCUT2D eigenvalue weighted by Crippen LogP contribution is -2.32. The van der Waals surface area contributed by atoms with Crippen LogP contribution in [0.3, 0.4) is 0 Å². The molecular weight excluding hydrogens is 454 g/mol. The maximum absolute atomic E-state index is 12.7. The van der Waals surface area contributed by atoms with E-state index in [1.807, 2.05) is 85.8 Å². The molecule has 1 aliphatic rings. The highest BCUT2D eigenvalue weighted by Gasteiger charge is 2.51. The SMILES string of the molecule is Cc1nnn(-c2ccc(-c3ccc(C4(C(=O)O)CC4)cc3)cc2)c1NC(=O)NC(C)c1ccccc1. The van der Waals surface area contributed by atoms with Gasteiger partial charge in [0.2, 0.25) is 0 Å². The number of aryl methyl sites for hydroxylation is 1. The monoisotopic (exact) mass is 481 g/mol. The van der Waals surface area contributed by atoms with E-state index in [1.54, 1.807) is 11.6 Å². The van der Waals surface area contributed by atoms with E-state index in [0.29, 0.717) is 24.4 Å². The Kier molecular flexibility index (Phi) is 6.01. The number of rotatable bonds is 7. The first-order chi connectivity index (χ1) is 17.4. The second kappa shape index (κ2) is 9.30. The van der Waals surface area contributed by atoms with Gasteiger partial charge in [0.05, 0.1) is 17.1 Å². The molecule has 0 aliphatic heterocycles. The molecular formula is C28H27N5O3. The molecule has 36 heavy (non-hydrogen) atoms. The molecule has 1 saturated carbocycles. The van der Waals surface area contributed by atoms with Crippen molar-refractivity contribution >= 4 is 17.8 Å². The van der Waals surface area contributed by atoms with Crippen molar-refractivity contribution in [3.8, 4) is 16.8 Å². The first-order valence-electron chi connectivity index (χ1n) is 11.9. The van der Waals surface area contributed by atoms with Crippen LogP contribution in [-0.2, 0) is 10.2 Å². The highest BCUT2D eigenvalue weighted by molar-refractivity contribution is 5.89. The summed E-state index contributed by atoms with van der Waals surface area (Å²) in [6, 6.07) is 24.7. The molecule has 182 valence electrons. The van der Waals surface area contributed by atoms with E-state index in [9.17, 15) is 14.7 Å². The van der Waals surface area contributed by atoms with Crippen molar-refractivity contribution in [3.63, 3.8) is 0 Å². The lowest BCUT2D eigenvalue weighted by Gasteiger charge is -2.16. The molecule has 3 aromatic carbocycles. The average Bonchev–Trinajstić information content (AvgIpc) is 3.64. The maximum atomic E-state index is 12.7. The van der Waals surface area contributed by atoms with E-state index in [1.165, 1.54) is 0 Å². The van der Waals surface area contributed by atoms with E-state index >= 15 is 0 Å². The van der Waals surface area contributed by atoms with Crippen LogP contribution in [0.4, 0.5) is 10.6 Å². The molecule has 3 N–H and O–H groups in total. The van der Waals surface area contributed by atoms with Crippen LogP contribution in [0, 0.1) is 6.92 Å². The van der Waals surface area contributed by atoms with Crippen molar-refractivity contribution in [2.45, 2.75) is 38.1 Å². The molecule has 5 rings (SSSR count). The summed E-state index contributed by atoms with van der Waals surface area (Å²) in [6.07, 6.45) is 1.38. The Bertz CT molecular complexity index is 1390. The number of nitrogens with one attached hydrogen (secondary N) is 2. The van der Waals surface area contributed by atoms with Gasteiger partial charge in [0, 0.05) is 0 Å². The first-order valence-corrected chi connectivity index (χ1v) is 11.9. The first kappa shape index (κ1) is 23.3. The number of hydrogen-bond donors (Lipinski definition) is 3. The largest absolute Gasteiger partial charge is 0.481 e. The summed E-state index contributed by atoms with van der Waals surface area (Å²) in [6.45, 7) is 3.72. The predicted octanol–water partition coefficient (Wildman–Crippen LogP) is 5.24. The molecule has 4 aromatic rings. The number of nitrogens with zero attached hydrogens (tertiary/aromatic N) is 3. The van der Waals surface area contributed by atoms with Crippen LogP contribution >= 0.6 is 0 Å². The predicted molar refractivity (Wildman–Crippen MR) is 137 cm³/mol. The fraction of sp³-hybridized carbons (Fsp3) is 0.214. The van der Waals surface area contributed by atoms with Gasteiger partial charge in [-0.05, 0) is 61.1 Å². The highest BCUT2D eigenvalue weighted by Crippen LogP contribution is 2.48. The van der Waals surface area contributed by atoms with Crippen molar-refractivity contribution in [1.82, 2.24) is 20.3 Å². The topological polar surface area (TPSA) is 109 Å². The molecule has 8 nitrogen and oxygen atoms in total. The normalized spacial score (nSPS) is 14.6. The lowest BCUT2D eigenvalue weighted by molar-refractivity contribution is -0.140. The van der Waals surface area contributed by atoms with Crippen LogP contribution in [0.5, 0.6) is 0 Å². The van der Waals surface area contributed by atoms with Crippen molar-refractivity contribution < 1.29 is 14.7 Å². The highest BCUT2D eigenvalue weighted by atomic mass is 16.4. The number of amides is 2. The molecule has 1 atom stereocenters. The molecule has 8 heteroatoms. The zero-order valence-corrected chi connectivity index (χ0v) is 20.1. The van der Waals surface area contributed by atoms with Crippen LogP contribution in [0.1, 0.15) is 42.6 Å². The lowest BCUT2D eigenvalue weighted by atomic mass is 9.94. The Balaban J connectivity index is 1.30. The molecule has 1 fully saturated rings. The van der Waals surface area contributed by atoms with E-state index in [-0.39, 0.29) is 12.1 Å². The Labute approximate surface area is 209 Å². The number of carboxylic acid groups (broad SMARTS) is 1. The van der Waals surface area contributed by atoms with Crippen molar-refractivity contribution in [3.05, 3.63) is 95.7 Å². The summed E-state index contributed by atoms with van der Waals surface area (Å²) >= 11 is 0. The number of aliphatic carboxylic acids is 1. The minimum absolute atomic E-state index is 0.160. The van der Waals surface area contributed by atoms with Gasteiger partial charge in [0.15, 0.2) is 5.82 Å². The third kappa shape index (κ3) is 4.45. The number of carbonyl (C=O) groups is 2. The quantitative estimate of drug-likeness (QED) is 0.334. The molecule has 2 amide bonds. The fourth-order valence-electron chi connectivity index (χ4n) is 4.37. The van der Waals surface area contributed by atoms with E-state index < -0.39 is 11.4 Å². The van der Waals surface area contributed by atoms with Crippen LogP contribution in [0.2, 0.25) is 0 Å². The third-order valence-electron chi connectivity index (χ3n) is 6.76. The van der Waals surface area contributed by atoms with Gasteiger partial charge < -0.3 is 10.4 Å². The van der Waals surface area contributed by atoms with Crippen LogP contribution in [0.15, 0.2) is 78.9 Å². The minimum Gasteiger partial charge on any atom is -0.481 e. The van der Waals surface area contributed by atoms with Gasteiger partial charge in [-0.15, -0.1) is 5.10 Å². The number of carbonyl (C=O) groups excluding carboxylic acids is 1. The Morgan fingerprint density at radius 3 is 2.14 bits per heavy atom. The minimum atomic E-state index is -0.754. The van der Waals surface area contributed by atoms with Crippen molar-refractivity contribution in [2.75, 3.05) is 5.32 Å². The molecule has 0 saturated heterocycles. The van der Waals surface area contributed by atoms with Gasteiger partial charge in [0.1, 0.15) is 5.69 Å². The van der Waals surface area contributed by atoms with Crippen LogP contribution in [0.25, 0.3) is 16.8 Å². The average molecular weight is 482 g/mol. The molecule has 1 aliphatic carbocycles. The summed E-state index contributed by atoms with van der Waals surface area (Å²) in [5, 5.41) is 23.7. The van der Waals surface area contributed by atoms with Gasteiger partial charge in [-0.1, -0.05) is 71.9 Å². The third-order valence-corrected chi connectivity index (χ3v) is 6.76. The maximum Gasteiger partial charge on any atom is 0.320 e. The molecule has 1 heterocycles. The standard InChI is InChI=1S/C28H27N5O3/c1-18(20-6-4-3-5-7-20)29-27(36)30-25-19(2)31-32-33(25)24-14-10-22(11-15-24)21-8-12-23(13-9-21)28(16-17-28)26(34)35/h3-15,18H,16-17H2,1-2H3,(H,34,35)(H2,29,30,36). The Hall–Kier alpha value is -4.46. The van der Waals surface area contributed by atoms with Crippen molar-refractivity contribution in [2.24, 2.45) is 0 Å². The van der Waals surface area contributed by atoms with Gasteiger partial charge in [-0.25, -0.2) is 4.79 Å². The zero-order chi connectivity index (χ0) is 25.3. The number of anilines is 1. The molecule has 0 bridgehead atoms. The number of benzene rings is 3. The molecule has 1 aromatic heterocycles. The van der Waals surface area contributed by atoms with Crippen LogP contribution in [-0.4, -0.2) is 32.1 Å². The van der Waals surface area contributed by atoms with Crippen LogP contribution < -0.4 is 10.6 Å². The summed E-state index contributed by atoms with van der Waals surface area (Å²) in [7, 11) is 0. The second-order valence-electron chi connectivity index (χ2n) is 9.18. The van der Waals surface area contributed by atoms with E-state index in [2.05, 4.69) is 20.9 Å². The summed E-state index contributed by atoms with van der Waals surface area (Å²) in [5.74, 6) is -0.261. The van der Waals surface area contributed by atoms with Crippen molar-refractivity contribution in [1.29, 1.82) is 0 Å². The number of aromatic nitrogens is 3. The van der Waals surface area contributed by atoms with Gasteiger partial charge in [0.25, 0.3) is 0 Å². The summed E-state index contributed by atoms with van der Waals surface area (Å²) in [4.78, 5) is 24.3. The summed E-state index contributed by atoms with van der Waals surface area (Å²) < 4.78 is 1.60. The smallest absolute Gasteiger partial charge is 0.320 e.